The second kappa shape index (κ2) is 6.34. The summed E-state index contributed by atoms with van der Waals surface area (Å²) in [5.74, 6) is 0.632. The largest absolute Gasteiger partial charge is 0.386 e. The van der Waals surface area contributed by atoms with Crippen LogP contribution in [0.25, 0.3) is 17.0 Å². The monoisotopic (exact) mass is 355 g/mol. The average Bonchev–Trinajstić information content (AvgIpc) is 3.20. The zero-order valence-corrected chi connectivity index (χ0v) is 14.8. The van der Waals surface area contributed by atoms with Crippen molar-refractivity contribution in [3.63, 3.8) is 0 Å². The molecular weight excluding hydrogens is 333 g/mol. The van der Waals surface area contributed by atoms with Crippen LogP contribution in [0, 0.1) is 0 Å². The van der Waals surface area contributed by atoms with E-state index in [9.17, 15) is 9.50 Å². The summed E-state index contributed by atoms with van der Waals surface area (Å²) in [6.45, 7) is 4.44. The van der Waals surface area contributed by atoms with Crippen LogP contribution in [0.1, 0.15) is 19.4 Å². The minimum absolute atomic E-state index is 0.276. The Kier molecular flexibility index (Phi) is 4.13. The summed E-state index contributed by atoms with van der Waals surface area (Å²) in [6.07, 6.45) is 2.70. The fraction of sp³-hybridized carbons (Fsp3) is 0.368. The minimum Gasteiger partial charge on any atom is -0.386 e. The Morgan fingerprint density at radius 3 is 2.85 bits per heavy atom. The van der Waals surface area contributed by atoms with Crippen molar-refractivity contribution < 1.29 is 9.50 Å². The van der Waals surface area contributed by atoms with Crippen molar-refractivity contribution in [2.24, 2.45) is 0 Å². The molecule has 0 aliphatic carbocycles. The average molecular weight is 355 g/mol. The Hall–Kier alpha value is -2.51. The van der Waals surface area contributed by atoms with Gasteiger partial charge in [0.25, 0.3) is 0 Å². The molecule has 0 amide bonds. The predicted molar refractivity (Wildman–Crippen MR) is 98.8 cm³/mol. The van der Waals surface area contributed by atoms with Crippen molar-refractivity contribution in [3.05, 3.63) is 48.3 Å². The molecule has 3 N–H and O–H groups in total. The third kappa shape index (κ3) is 3.15. The number of aliphatic hydroxyl groups is 1. The van der Waals surface area contributed by atoms with E-state index in [1.54, 1.807) is 20.0 Å². The van der Waals surface area contributed by atoms with Gasteiger partial charge >= 0.3 is 0 Å². The number of hydrogen-bond acceptors (Lipinski definition) is 5. The summed E-state index contributed by atoms with van der Waals surface area (Å²) < 4.78 is 15.7. The van der Waals surface area contributed by atoms with Gasteiger partial charge in [0.2, 0.25) is 0 Å². The van der Waals surface area contributed by atoms with E-state index in [0.717, 1.165) is 22.6 Å². The molecule has 0 spiro atoms. The highest BCUT2D eigenvalue weighted by Crippen LogP contribution is 2.25. The van der Waals surface area contributed by atoms with Crippen LogP contribution >= 0.6 is 0 Å². The number of nitrogens with zero attached hydrogens (tertiary/aromatic N) is 3. The lowest BCUT2D eigenvalue weighted by molar-refractivity contribution is 0.0781. The van der Waals surface area contributed by atoms with Crippen LogP contribution in [0.3, 0.4) is 0 Å². The van der Waals surface area contributed by atoms with Crippen molar-refractivity contribution in [1.82, 2.24) is 19.7 Å². The van der Waals surface area contributed by atoms with Crippen LogP contribution in [-0.4, -0.2) is 44.8 Å². The van der Waals surface area contributed by atoms with Gasteiger partial charge in [0, 0.05) is 19.3 Å². The zero-order chi connectivity index (χ0) is 18.3. The Bertz CT molecular complexity index is 933. The Labute approximate surface area is 151 Å². The number of nitrogens with one attached hydrogen (secondary N) is 2. The second-order valence-electron chi connectivity index (χ2n) is 7.18. The standard InChI is InChI=1S/C19H22FN5O/c1-19(2,26)12-6-7-18-22-10-16(25(18)11-12)14-4-3-5-17(23-14)24-15-9-21-8-13(15)20/h3-7,10-11,13,15,21,26H,8-9H2,1-2H3,(H,23,24)/t13-,15-/m0/s1. The molecule has 6 nitrogen and oxygen atoms in total. The molecule has 1 aliphatic heterocycles. The third-order valence-electron chi connectivity index (χ3n) is 4.70. The maximum absolute atomic E-state index is 13.8. The van der Waals surface area contributed by atoms with Gasteiger partial charge in [-0.25, -0.2) is 14.4 Å². The summed E-state index contributed by atoms with van der Waals surface area (Å²) in [7, 11) is 0. The summed E-state index contributed by atoms with van der Waals surface area (Å²) in [5, 5.41) is 16.5. The van der Waals surface area contributed by atoms with E-state index >= 15 is 0 Å². The number of halogens is 1. The summed E-state index contributed by atoms with van der Waals surface area (Å²) in [4.78, 5) is 9.04. The number of aromatic nitrogens is 3. The topological polar surface area (TPSA) is 74.5 Å². The van der Waals surface area contributed by atoms with Gasteiger partial charge < -0.3 is 15.7 Å². The van der Waals surface area contributed by atoms with Gasteiger partial charge in [-0.2, -0.15) is 0 Å². The van der Waals surface area contributed by atoms with E-state index in [1.165, 1.54) is 0 Å². The molecule has 4 heterocycles. The number of pyridine rings is 2. The minimum atomic E-state index is -0.946. The molecule has 3 aromatic rings. The molecule has 0 radical (unpaired) electrons. The van der Waals surface area contributed by atoms with Gasteiger partial charge in [0.15, 0.2) is 0 Å². The van der Waals surface area contributed by atoms with Gasteiger partial charge in [-0.3, -0.25) is 4.40 Å². The van der Waals surface area contributed by atoms with Gasteiger partial charge in [-0.05, 0) is 37.6 Å². The van der Waals surface area contributed by atoms with Gasteiger partial charge in [0.05, 0.1) is 29.2 Å². The molecule has 2 atom stereocenters. The van der Waals surface area contributed by atoms with Crippen molar-refractivity contribution >= 4 is 11.5 Å². The van der Waals surface area contributed by atoms with Crippen LogP contribution in [0.15, 0.2) is 42.7 Å². The van der Waals surface area contributed by atoms with Crippen molar-refractivity contribution in [2.75, 3.05) is 18.4 Å². The van der Waals surface area contributed by atoms with E-state index in [0.29, 0.717) is 18.9 Å². The summed E-state index contributed by atoms with van der Waals surface area (Å²) in [5.41, 5.74) is 2.17. The highest BCUT2D eigenvalue weighted by molar-refractivity contribution is 5.62. The maximum Gasteiger partial charge on any atom is 0.137 e. The van der Waals surface area contributed by atoms with E-state index < -0.39 is 11.8 Å². The molecular formula is C19H22FN5O. The lowest BCUT2D eigenvalue weighted by atomic mass is 10.0. The van der Waals surface area contributed by atoms with Gasteiger partial charge in [-0.1, -0.05) is 12.1 Å². The molecule has 1 fully saturated rings. The van der Waals surface area contributed by atoms with Gasteiger partial charge in [-0.15, -0.1) is 0 Å². The normalized spacial score (nSPS) is 20.6. The first-order valence-corrected chi connectivity index (χ1v) is 8.70. The molecule has 1 aliphatic rings. The molecule has 7 heteroatoms. The molecule has 0 bridgehead atoms. The smallest absolute Gasteiger partial charge is 0.137 e. The van der Waals surface area contributed by atoms with Crippen molar-refractivity contribution in [2.45, 2.75) is 31.7 Å². The molecule has 4 rings (SSSR count). The fourth-order valence-electron chi connectivity index (χ4n) is 3.17. The molecule has 26 heavy (non-hydrogen) atoms. The van der Waals surface area contributed by atoms with E-state index in [1.807, 2.05) is 40.9 Å². The van der Waals surface area contributed by atoms with Crippen molar-refractivity contribution in [1.29, 1.82) is 0 Å². The highest BCUT2D eigenvalue weighted by atomic mass is 19.1. The van der Waals surface area contributed by atoms with Gasteiger partial charge in [0.1, 0.15) is 17.6 Å². The Morgan fingerprint density at radius 1 is 1.27 bits per heavy atom. The first-order valence-electron chi connectivity index (χ1n) is 8.70. The number of rotatable bonds is 4. The SMILES string of the molecule is CC(C)(O)c1ccc2ncc(-c3cccc(N[C@H]4CNC[C@@H]4F)n3)n2c1. The van der Waals surface area contributed by atoms with E-state index in [4.69, 9.17) is 0 Å². The molecule has 1 saturated heterocycles. The van der Waals surface area contributed by atoms with Crippen molar-refractivity contribution in [3.8, 4) is 11.4 Å². The van der Waals surface area contributed by atoms with Crippen LogP contribution in [-0.2, 0) is 5.60 Å². The quantitative estimate of drug-likeness (QED) is 0.670. The molecule has 0 unspecified atom stereocenters. The second-order valence-corrected chi connectivity index (χ2v) is 7.18. The maximum atomic E-state index is 13.8. The Morgan fingerprint density at radius 2 is 2.12 bits per heavy atom. The highest BCUT2D eigenvalue weighted by Gasteiger charge is 2.26. The predicted octanol–water partition coefficient (Wildman–Crippen LogP) is 2.35. The lowest BCUT2D eigenvalue weighted by Crippen LogP contribution is -2.29. The molecule has 3 aromatic heterocycles. The van der Waals surface area contributed by atoms with Crippen LogP contribution in [0.4, 0.5) is 10.2 Å². The van der Waals surface area contributed by atoms with Crippen LogP contribution in [0.5, 0.6) is 0 Å². The summed E-state index contributed by atoms with van der Waals surface area (Å²) >= 11 is 0. The van der Waals surface area contributed by atoms with Crippen LogP contribution in [0.2, 0.25) is 0 Å². The fourth-order valence-corrected chi connectivity index (χ4v) is 3.17. The summed E-state index contributed by atoms with van der Waals surface area (Å²) in [6, 6.07) is 9.08. The first kappa shape index (κ1) is 16.9. The van der Waals surface area contributed by atoms with E-state index in [2.05, 4.69) is 20.6 Å². The molecule has 0 saturated carbocycles. The number of alkyl halides is 1. The zero-order valence-electron chi connectivity index (χ0n) is 14.8. The number of anilines is 1. The molecule has 0 aromatic carbocycles. The number of fused-ring (bicyclic) bond motifs is 1. The van der Waals surface area contributed by atoms with E-state index in [-0.39, 0.29) is 6.04 Å². The number of hydrogen-bond donors (Lipinski definition) is 3. The van der Waals surface area contributed by atoms with Crippen LogP contribution < -0.4 is 10.6 Å². The molecule has 136 valence electrons. The first-order chi connectivity index (χ1) is 12.4. The Balaban J connectivity index is 1.70. The third-order valence-corrected chi connectivity index (χ3v) is 4.70. The lowest BCUT2D eigenvalue weighted by Gasteiger charge is -2.18. The number of imidazole rings is 1.